The van der Waals surface area contributed by atoms with Crippen molar-refractivity contribution in [1.82, 2.24) is 0 Å². The lowest BCUT2D eigenvalue weighted by atomic mass is 10.1. The molecular formula is C18H17F2NO2. The minimum Gasteiger partial charge on any atom is -0.478 e. The first-order valence-electron chi connectivity index (χ1n) is 7.57. The van der Waals surface area contributed by atoms with Crippen LogP contribution in [0, 0.1) is 11.6 Å². The van der Waals surface area contributed by atoms with E-state index in [4.69, 9.17) is 4.74 Å². The van der Waals surface area contributed by atoms with Crippen LogP contribution >= 0.6 is 0 Å². The number of carbonyl (C=O) groups is 1. The number of hydrogen-bond donors (Lipinski definition) is 1. The summed E-state index contributed by atoms with van der Waals surface area (Å²) in [4.78, 5) is 12.2. The smallest absolute Gasteiger partial charge is 0.265 e. The van der Waals surface area contributed by atoms with Crippen molar-refractivity contribution in [3.63, 3.8) is 0 Å². The Kier molecular flexibility index (Phi) is 4.28. The average Bonchev–Trinajstić information content (AvgIpc) is 2.97. The van der Waals surface area contributed by atoms with Gasteiger partial charge in [-0.2, -0.15) is 0 Å². The Bertz CT molecular complexity index is 746. The van der Waals surface area contributed by atoms with E-state index in [1.165, 1.54) is 24.1 Å². The number of amides is 1. The molecule has 1 aliphatic rings. The largest absolute Gasteiger partial charge is 0.478 e. The van der Waals surface area contributed by atoms with E-state index in [2.05, 4.69) is 5.32 Å². The zero-order valence-corrected chi connectivity index (χ0v) is 12.7. The van der Waals surface area contributed by atoms with Gasteiger partial charge in [-0.1, -0.05) is 6.07 Å². The number of ether oxygens (including phenoxy) is 1. The van der Waals surface area contributed by atoms with Gasteiger partial charge >= 0.3 is 0 Å². The van der Waals surface area contributed by atoms with E-state index < -0.39 is 17.7 Å². The van der Waals surface area contributed by atoms with Crippen LogP contribution in [0.1, 0.15) is 24.5 Å². The Labute approximate surface area is 133 Å². The van der Waals surface area contributed by atoms with E-state index >= 15 is 0 Å². The Hall–Kier alpha value is -2.43. The van der Waals surface area contributed by atoms with Crippen molar-refractivity contribution < 1.29 is 18.3 Å². The van der Waals surface area contributed by atoms with Gasteiger partial charge in [-0.25, -0.2) is 8.78 Å². The molecule has 120 valence electrons. The van der Waals surface area contributed by atoms with Crippen molar-refractivity contribution in [2.45, 2.75) is 32.3 Å². The fourth-order valence-electron chi connectivity index (χ4n) is 2.71. The molecule has 0 bridgehead atoms. The van der Waals surface area contributed by atoms with Gasteiger partial charge in [0.15, 0.2) is 17.7 Å². The van der Waals surface area contributed by atoms with Gasteiger partial charge in [0.25, 0.3) is 5.91 Å². The molecule has 1 atom stereocenters. The maximum atomic E-state index is 13.6. The summed E-state index contributed by atoms with van der Waals surface area (Å²) in [7, 11) is 0. The van der Waals surface area contributed by atoms with E-state index in [1.807, 2.05) is 18.2 Å². The Balaban J connectivity index is 1.65. The van der Waals surface area contributed by atoms with Gasteiger partial charge in [0.05, 0.1) is 0 Å². The Morgan fingerprint density at radius 3 is 2.70 bits per heavy atom. The van der Waals surface area contributed by atoms with Crippen LogP contribution in [0.15, 0.2) is 36.4 Å². The molecule has 0 saturated carbocycles. The van der Waals surface area contributed by atoms with Gasteiger partial charge in [0, 0.05) is 11.8 Å². The predicted molar refractivity (Wildman–Crippen MR) is 83.5 cm³/mol. The highest BCUT2D eigenvalue weighted by atomic mass is 19.1. The molecule has 0 radical (unpaired) electrons. The zero-order valence-electron chi connectivity index (χ0n) is 12.7. The first-order chi connectivity index (χ1) is 11.0. The lowest BCUT2D eigenvalue weighted by molar-refractivity contribution is -0.122. The molecule has 23 heavy (non-hydrogen) atoms. The van der Waals surface area contributed by atoms with Gasteiger partial charge < -0.3 is 10.1 Å². The van der Waals surface area contributed by atoms with E-state index in [0.717, 1.165) is 31.4 Å². The van der Waals surface area contributed by atoms with Gasteiger partial charge in [-0.15, -0.1) is 0 Å². The summed E-state index contributed by atoms with van der Waals surface area (Å²) in [6, 6.07) is 8.82. The Morgan fingerprint density at radius 1 is 1.13 bits per heavy atom. The normalized spacial score (nSPS) is 14.2. The van der Waals surface area contributed by atoms with Crippen LogP contribution in [0.5, 0.6) is 5.75 Å². The molecule has 1 amide bonds. The summed E-state index contributed by atoms with van der Waals surface area (Å²) < 4.78 is 31.7. The number of aryl methyl sites for hydroxylation is 2. The molecule has 0 aromatic heterocycles. The maximum Gasteiger partial charge on any atom is 0.265 e. The summed E-state index contributed by atoms with van der Waals surface area (Å²) >= 11 is 0. The van der Waals surface area contributed by atoms with Crippen molar-refractivity contribution in [3.05, 3.63) is 59.2 Å². The van der Waals surface area contributed by atoms with Crippen LogP contribution in [-0.4, -0.2) is 12.0 Å². The molecule has 1 N–H and O–H groups in total. The second kappa shape index (κ2) is 6.36. The summed E-state index contributed by atoms with van der Waals surface area (Å²) in [6.07, 6.45) is 2.33. The minimum atomic E-state index is -0.900. The van der Waals surface area contributed by atoms with Crippen molar-refractivity contribution in [1.29, 1.82) is 0 Å². The molecule has 0 spiro atoms. The van der Waals surface area contributed by atoms with Crippen LogP contribution in [0.4, 0.5) is 14.5 Å². The highest BCUT2D eigenvalue weighted by Crippen LogP contribution is 2.25. The zero-order chi connectivity index (χ0) is 16.4. The molecule has 0 saturated heterocycles. The minimum absolute atomic E-state index is 0.150. The lowest BCUT2D eigenvalue weighted by Gasteiger charge is -2.15. The fraction of sp³-hybridized carbons (Fsp3) is 0.278. The third kappa shape index (κ3) is 3.50. The monoisotopic (exact) mass is 317 g/mol. The van der Waals surface area contributed by atoms with Crippen molar-refractivity contribution in [2.75, 3.05) is 5.32 Å². The first-order valence-corrected chi connectivity index (χ1v) is 7.57. The van der Waals surface area contributed by atoms with Crippen LogP contribution in [0.2, 0.25) is 0 Å². The average molecular weight is 317 g/mol. The summed E-state index contributed by atoms with van der Waals surface area (Å²) in [5, 5.41) is 2.76. The fourth-order valence-corrected chi connectivity index (χ4v) is 2.71. The third-order valence-corrected chi connectivity index (χ3v) is 3.93. The molecule has 1 aliphatic carbocycles. The molecule has 0 aliphatic heterocycles. The number of anilines is 1. The number of benzene rings is 2. The number of rotatable bonds is 4. The van der Waals surface area contributed by atoms with E-state index in [1.54, 1.807) is 0 Å². The molecule has 1 unspecified atom stereocenters. The highest BCUT2D eigenvalue weighted by molar-refractivity contribution is 5.94. The Morgan fingerprint density at radius 2 is 1.91 bits per heavy atom. The van der Waals surface area contributed by atoms with Gasteiger partial charge in [-0.05, 0) is 61.6 Å². The first kappa shape index (κ1) is 15.5. The van der Waals surface area contributed by atoms with Crippen LogP contribution in [0.3, 0.4) is 0 Å². The summed E-state index contributed by atoms with van der Waals surface area (Å²) in [5.74, 6) is -2.05. The second-order valence-electron chi connectivity index (χ2n) is 5.66. The van der Waals surface area contributed by atoms with Crippen molar-refractivity contribution in [2.24, 2.45) is 0 Å². The number of halogens is 2. The van der Waals surface area contributed by atoms with Gasteiger partial charge in [0.2, 0.25) is 0 Å². The second-order valence-corrected chi connectivity index (χ2v) is 5.66. The third-order valence-electron chi connectivity index (χ3n) is 3.93. The number of hydrogen-bond acceptors (Lipinski definition) is 2. The predicted octanol–water partition coefficient (Wildman–Crippen LogP) is 3.86. The summed E-state index contributed by atoms with van der Waals surface area (Å²) in [5.41, 5.74) is 3.27. The van der Waals surface area contributed by atoms with Crippen LogP contribution < -0.4 is 10.1 Å². The molecule has 5 heteroatoms. The quantitative estimate of drug-likeness (QED) is 0.930. The number of nitrogens with one attached hydrogen (secondary N) is 1. The molecule has 2 aromatic carbocycles. The molecule has 3 rings (SSSR count). The van der Waals surface area contributed by atoms with Crippen molar-refractivity contribution in [3.8, 4) is 5.75 Å². The van der Waals surface area contributed by atoms with E-state index in [0.29, 0.717) is 5.69 Å². The number of carbonyl (C=O) groups excluding carboxylic acids is 1. The molecular weight excluding hydrogens is 300 g/mol. The topological polar surface area (TPSA) is 38.3 Å². The molecule has 2 aromatic rings. The molecule has 0 fully saturated rings. The maximum absolute atomic E-state index is 13.6. The number of fused-ring (bicyclic) bond motifs is 1. The van der Waals surface area contributed by atoms with Crippen molar-refractivity contribution >= 4 is 11.6 Å². The standard InChI is InChI=1S/C18H17F2NO2/c1-11(23-17-8-6-14(19)10-16(17)20)18(22)21-15-7-5-12-3-2-4-13(12)9-15/h5-11H,2-4H2,1H3,(H,21,22). The highest BCUT2D eigenvalue weighted by Gasteiger charge is 2.18. The molecule has 3 nitrogen and oxygen atoms in total. The summed E-state index contributed by atoms with van der Waals surface area (Å²) in [6.45, 7) is 1.52. The van der Waals surface area contributed by atoms with Gasteiger partial charge in [-0.3, -0.25) is 4.79 Å². The van der Waals surface area contributed by atoms with E-state index in [9.17, 15) is 13.6 Å². The SMILES string of the molecule is CC(Oc1ccc(F)cc1F)C(=O)Nc1ccc2c(c1)CCC2. The van der Waals surface area contributed by atoms with Crippen LogP contribution in [0.25, 0.3) is 0 Å². The van der Waals surface area contributed by atoms with Crippen LogP contribution in [-0.2, 0) is 17.6 Å². The lowest BCUT2D eigenvalue weighted by Crippen LogP contribution is -2.30. The van der Waals surface area contributed by atoms with E-state index in [-0.39, 0.29) is 11.7 Å². The van der Waals surface area contributed by atoms with Gasteiger partial charge in [0.1, 0.15) is 5.82 Å². The molecule has 0 heterocycles.